The largest absolute Gasteiger partial charge is 0.495 e. The number of nitrogen functional groups attached to an aromatic ring is 1. The molecule has 0 amide bonds. The fourth-order valence-corrected chi connectivity index (χ4v) is 3.01. The number of morpholine rings is 1. The van der Waals surface area contributed by atoms with Crippen molar-refractivity contribution in [2.75, 3.05) is 56.5 Å². The number of hydrogen-bond acceptors (Lipinski definition) is 10. The first-order chi connectivity index (χ1) is 13.7. The van der Waals surface area contributed by atoms with Gasteiger partial charge in [-0.25, -0.2) is 9.97 Å². The van der Waals surface area contributed by atoms with Crippen LogP contribution in [0.3, 0.4) is 0 Å². The molecule has 0 bridgehead atoms. The third-order valence-corrected chi connectivity index (χ3v) is 4.45. The molecule has 28 heavy (non-hydrogen) atoms. The van der Waals surface area contributed by atoms with Gasteiger partial charge in [0.25, 0.3) is 0 Å². The zero-order valence-corrected chi connectivity index (χ0v) is 15.7. The summed E-state index contributed by atoms with van der Waals surface area (Å²) in [7, 11) is 3.14. The number of nitrogens with two attached hydrogens (primary N) is 1. The fraction of sp³-hybridized carbons (Fsp3) is 0.333. The maximum Gasteiger partial charge on any atom is 0.233 e. The molecule has 4 rings (SSSR count). The Balaban J connectivity index is 1.71. The number of ether oxygens (including phenoxy) is 3. The molecule has 0 unspecified atom stereocenters. The van der Waals surface area contributed by atoms with Gasteiger partial charge in [-0.3, -0.25) is 0 Å². The van der Waals surface area contributed by atoms with Crippen LogP contribution in [-0.4, -0.2) is 60.5 Å². The molecule has 10 nitrogen and oxygen atoms in total. The highest BCUT2D eigenvalue weighted by atomic mass is 16.5. The lowest BCUT2D eigenvalue weighted by molar-refractivity contribution is 0.122. The Hall–Kier alpha value is -3.40. The second-order valence-corrected chi connectivity index (χ2v) is 6.15. The van der Waals surface area contributed by atoms with E-state index in [1.54, 1.807) is 32.4 Å². The summed E-state index contributed by atoms with van der Waals surface area (Å²) in [5, 5.41) is 3.89. The number of benzene rings is 1. The van der Waals surface area contributed by atoms with Crippen LogP contribution in [0.15, 0.2) is 24.5 Å². The van der Waals surface area contributed by atoms with Crippen LogP contribution in [0.25, 0.3) is 10.9 Å². The molecule has 1 fully saturated rings. The summed E-state index contributed by atoms with van der Waals surface area (Å²) in [4.78, 5) is 19.7. The number of methoxy groups -OCH3 is 2. The van der Waals surface area contributed by atoms with E-state index in [0.717, 1.165) is 24.3 Å². The average Bonchev–Trinajstić information content (AvgIpc) is 2.74. The van der Waals surface area contributed by atoms with E-state index in [-0.39, 0.29) is 0 Å². The lowest BCUT2D eigenvalue weighted by atomic mass is 10.2. The molecule has 1 aliphatic rings. The number of fused-ring (bicyclic) bond motifs is 1. The van der Waals surface area contributed by atoms with Crippen LogP contribution in [-0.2, 0) is 4.74 Å². The van der Waals surface area contributed by atoms with Gasteiger partial charge in [0.05, 0.1) is 38.6 Å². The highest BCUT2D eigenvalue weighted by Crippen LogP contribution is 2.31. The Kier molecular flexibility index (Phi) is 4.94. The Morgan fingerprint density at radius 1 is 1.07 bits per heavy atom. The van der Waals surface area contributed by atoms with Gasteiger partial charge >= 0.3 is 0 Å². The van der Waals surface area contributed by atoms with Crippen molar-refractivity contribution >= 4 is 34.2 Å². The van der Waals surface area contributed by atoms with Crippen molar-refractivity contribution < 1.29 is 14.2 Å². The number of anilines is 4. The third kappa shape index (κ3) is 3.54. The molecule has 1 saturated heterocycles. The van der Waals surface area contributed by atoms with Gasteiger partial charge in [-0.2, -0.15) is 9.97 Å². The van der Waals surface area contributed by atoms with Crippen molar-refractivity contribution in [1.29, 1.82) is 0 Å². The lowest BCUT2D eigenvalue weighted by Crippen LogP contribution is -2.36. The first-order valence-corrected chi connectivity index (χ1v) is 8.79. The quantitative estimate of drug-likeness (QED) is 0.628. The molecule has 1 aliphatic heterocycles. The summed E-state index contributed by atoms with van der Waals surface area (Å²) < 4.78 is 16.0. The standard InChI is InChI=1S/C18H21N7O3/c1-26-14-8-13-11(7-12(14)19)17(21-10-20-13)24-18-22-15(9-16(23-18)27-2)25-3-5-28-6-4-25/h7-10H,3-6,19H2,1-2H3,(H,20,21,22,23,24). The number of aromatic nitrogens is 4. The van der Waals surface area contributed by atoms with Gasteiger partial charge in [0.2, 0.25) is 11.8 Å². The molecule has 10 heteroatoms. The van der Waals surface area contributed by atoms with E-state index >= 15 is 0 Å². The van der Waals surface area contributed by atoms with E-state index in [1.165, 1.54) is 6.33 Å². The molecule has 1 aromatic carbocycles. The maximum absolute atomic E-state index is 6.05. The predicted molar refractivity (Wildman–Crippen MR) is 105 cm³/mol. The first kappa shape index (κ1) is 18.0. The molecular formula is C18H21N7O3. The van der Waals surface area contributed by atoms with Crippen molar-refractivity contribution in [3.8, 4) is 11.6 Å². The monoisotopic (exact) mass is 383 g/mol. The van der Waals surface area contributed by atoms with Crippen LogP contribution in [0.1, 0.15) is 0 Å². The first-order valence-electron chi connectivity index (χ1n) is 8.79. The average molecular weight is 383 g/mol. The number of nitrogens with one attached hydrogen (secondary N) is 1. The Morgan fingerprint density at radius 2 is 1.89 bits per heavy atom. The summed E-state index contributed by atoms with van der Waals surface area (Å²) in [5.41, 5.74) is 7.24. The van der Waals surface area contributed by atoms with Crippen molar-refractivity contribution in [2.45, 2.75) is 0 Å². The number of hydrogen-bond donors (Lipinski definition) is 2. The minimum atomic E-state index is 0.371. The lowest BCUT2D eigenvalue weighted by Gasteiger charge is -2.28. The van der Waals surface area contributed by atoms with E-state index in [2.05, 4.69) is 30.2 Å². The van der Waals surface area contributed by atoms with Crippen LogP contribution in [0.2, 0.25) is 0 Å². The molecular weight excluding hydrogens is 362 g/mol. The molecule has 3 aromatic rings. The summed E-state index contributed by atoms with van der Waals surface area (Å²) in [6.45, 7) is 2.83. The molecule has 3 N–H and O–H groups in total. The van der Waals surface area contributed by atoms with E-state index in [1.807, 2.05) is 0 Å². The summed E-state index contributed by atoms with van der Waals surface area (Å²) in [5.74, 6) is 2.69. The van der Waals surface area contributed by atoms with Gasteiger partial charge in [0, 0.05) is 30.6 Å². The number of rotatable bonds is 5. The second-order valence-electron chi connectivity index (χ2n) is 6.15. The van der Waals surface area contributed by atoms with Gasteiger partial charge < -0.3 is 30.2 Å². The molecule has 0 aliphatic carbocycles. The van der Waals surface area contributed by atoms with E-state index in [4.69, 9.17) is 19.9 Å². The molecule has 3 heterocycles. The van der Waals surface area contributed by atoms with Crippen molar-refractivity contribution in [3.05, 3.63) is 24.5 Å². The van der Waals surface area contributed by atoms with Crippen LogP contribution in [0.4, 0.5) is 23.3 Å². The minimum absolute atomic E-state index is 0.371. The highest BCUT2D eigenvalue weighted by molar-refractivity contribution is 5.94. The normalized spacial score (nSPS) is 14.1. The van der Waals surface area contributed by atoms with Crippen LogP contribution in [0, 0.1) is 0 Å². The highest BCUT2D eigenvalue weighted by Gasteiger charge is 2.16. The van der Waals surface area contributed by atoms with Crippen LogP contribution < -0.4 is 25.4 Å². The third-order valence-electron chi connectivity index (χ3n) is 4.45. The fourth-order valence-electron chi connectivity index (χ4n) is 3.01. The SMILES string of the molecule is COc1cc(N2CCOCC2)nc(Nc2ncnc3cc(OC)c(N)cc23)n1. The topological polar surface area (TPSA) is 121 Å². The summed E-state index contributed by atoms with van der Waals surface area (Å²) in [6.07, 6.45) is 1.46. The molecule has 146 valence electrons. The van der Waals surface area contributed by atoms with Crippen molar-refractivity contribution in [3.63, 3.8) is 0 Å². The van der Waals surface area contributed by atoms with Gasteiger partial charge in [-0.15, -0.1) is 0 Å². The molecule has 0 saturated carbocycles. The van der Waals surface area contributed by atoms with Gasteiger partial charge in [-0.05, 0) is 6.07 Å². The number of nitrogens with zero attached hydrogens (tertiary/aromatic N) is 5. The second kappa shape index (κ2) is 7.69. The zero-order valence-electron chi connectivity index (χ0n) is 15.7. The Morgan fingerprint density at radius 3 is 2.64 bits per heavy atom. The van der Waals surface area contributed by atoms with Gasteiger partial charge in [0.1, 0.15) is 23.7 Å². The summed E-state index contributed by atoms with van der Waals surface area (Å²) in [6, 6.07) is 5.33. The van der Waals surface area contributed by atoms with E-state index in [9.17, 15) is 0 Å². The maximum atomic E-state index is 6.05. The molecule has 0 radical (unpaired) electrons. The molecule has 2 aromatic heterocycles. The summed E-state index contributed by atoms with van der Waals surface area (Å²) >= 11 is 0. The molecule has 0 spiro atoms. The zero-order chi connectivity index (χ0) is 19.5. The Labute approximate surface area is 161 Å². The van der Waals surface area contributed by atoms with Crippen LogP contribution in [0.5, 0.6) is 11.6 Å². The van der Waals surface area contributed by atoms with E-state index in [0.29, 0.717) is 47.8 Å². The van der Waals surface area contributed by atoms with Crippen molar-refractivity contribution in [2.24, 2.45) is 0 Å². The molecule has 0 atom stereocenters. The smallest absolute Gasteiger partial charge is 0.233 e. The van der Waals surface area contributed by atoms with Crippen LogP contribution >= 0.6 is 0 Å². The van der Waals surface area contributed by atoms with E-state index < -0.39 is 0 Å². The van der Waals surface area contributed by atoms with Gasteiger partial charge in [0.15, 0.2) is 0 Å². The minimum Gasteiger partial charge on any atom is -0.495 e. The predicted octanol–water partition coefficient (Wildman–Crippen LogP) is 1.60. The van der Waals surface area contributed by atoms with Crippen molar-refractivity contribution in [1.82, 2.24) is 19.9 Å². The Bertz CT molecular complexity index is 992. The van der Waals surface area contributed by atoms with Gasteiger partial charge in [-0.1, -0.05) is 0 Å².